The van der Waals surface area contributed by atoms with Crippen molar-refractivity contribution >= 4 is 21.5 Å². The Labute approximate surface area is 166 Å². The highest BCUT2D eigenvalue weighted by Crippen LogP contribution is 2.33. The first-order valence-electron chi connectivity index (χ1n) is 9.67. The Morgan fingerprint density at radius 2 is 2.04 bits per heavy atom. The zero-order valence-corrected chi connectivity index (χ0v) is 17.2. The fourth-order valence-corrected chi connectivity index (χ4v) is 6.10. The van der Waals surface area contributed by atoms with Gasteiger partial charge < -0.3 is 9.64 Å². The summed E-state index contributed by atoms with van der Waals surface area (Å²) < 4.78 is 33.6. The molecule has 0 spiro atoms. The topological polar surface area (TPSA) is 75.6 Å². The van der Waals surface area contributed by atoms with E-state index in [1.54, 1.807) is 11.4 Å². The molecule has 7 nitrogen and oxygen atoms in total. The molecule has 1 fully saturated rings. The first kappa shape index (κ1) is 19.1. The van der Waals surface area contributed by atoms with Crippen LogP contribution in [0, 0.1) is 6.92 Å². The lowest BCUT2D eigenvalue weighted by atomic mass is 10.1. The number of para-hydroxylation sites is 1. The minimum Gasteiger partial charge on any atom is -0.377 e. The number of sulfonamides is 1. The summed E-state index contributed by atoms with van der Waals surface area (Å²) in [4.78, 5) is 11.0. The van der Waals surface area contributed by atoms with Crippen LogP contribution in [0.1, 0.15) is 29.9 Å². The summed E-state index contributed by atoms with van der Waals surface area (Å²) in [6.45, 7) is 4.04. The Balaban J connectivity index is 1.57. The van der Waals surface area contributed by atoms with Gasteiger partial charge in [0.15, 0.2) is 5.82 Å². The number of fused-ring (bicyclic) bond motifs is 1. The maximum atomic E-state index is 13.4. The van der Waals surface area contributed by atoms with Gasteiger partial charge in [0.1, 0.15) is 12.4 Å². The highest BCUT2D eigenvalue weighted by atomic mass is 32.2. The molecule has 0 N–H and O–H groups in total. The maximum Gasteiger partial charge on any atom is 0.239 e. The van der Waals surface area contributed by atoms with Gasteiger partial charge in [0.25, 0.3) is 0 Å². The summed E-state index contributed by atoms with van der Waals surface area (Å²) in [6.07, 6.45) is 2.27. The van der Waals surface area contributed by atoms with E-state index in [0.717, 1.165) is 42.1 Å². The van der Waals surface area contributed by atoms with Crippen LogP contribution >= 0.6 is 0 Å². The van der Waals surface area contributed by atoms with E-state index in [-0.39, 0.29) is 0 Å². The van der Waals surface area contributed by atoms with Crippen molar-refractivity contribution in [3.05, 3.63) is 47.4 Å². The molecule has 0 saturated carbocycles. The SMILES string of the molecule is COCc1nc(C)cc(N2CCCC(S(=O)(=O)N3CCc4ccccc43)C2)n1. The van der Waals surface area contributed by atoms with Crippen molar-refractivity contribution < 1.29 is 13.2 Å². The van der Waals surface area contributed by atoms with Crippen molar-refractivity contribution in [3.63, 3.8) is 0 Å². The molecule has 2 aromatic rings. The number of hydrogen-bond acceptors (Lipinski definition) is 6. The van der Waals surface area contributed by atoms with Crippen molar-refractivity contribution in [1.29, 1.82) is 0 Å². The second kappa shape index (κ2) is 7.67. The first-order valence-corrected chi connectivity index (χ1v) is 11.2. The van der Waals surface area contributed by atoms with Crippen LogP contribution in [0.2, 0.25) is 0 Å². The van der Waals surface area contributed by atoms with Gasteiger partial charge in [-0.25, -0.2) is 18.4 Å². The maximum absolute atomic E-state index is 13.4. The molecule has 2 aliphatic heterocycles. The van der Waals surface area contributed by atoms with Crippen LogP contribution in [0.5, 0.6) is 0 Å². The highest BCUT2D eigenvalue weighted by Gasteiger charge is 2.38. The van der Waals surface area contributed by atoms with E-state index in [2.05, 4.69) is 14.9 Å². The fourth-order valence-electron chi connectivity index (χ4n) is 4.11. The Morgan fingerprint density at radius 1 is 1.21 bits per heavy atom. The summed E-state index contributed by atoms with van der Waals surface area (Å²) in [5.74, 6) is 1.40. The van der Waals surface area contributed by atoms with Crippen molar-refractivity contribution in [2.24, 2.45) is 0 Å². The van der Waals surface area contributed by atoms with Crippen molar-refractivity contribution in [1.82, 2.24) is 9.97 Å². The third-order valence-corrected chi connectivity index (χ3v) is 7.66. The molecular weight excluding hydrogens is 376 g/mol. The van der Waals surface area contributed by atoms with Gasteiger partial charge in [0.2, 0.25) is 10.0 Å². The Bertz CT molecular complexity index is 964. The molecule has 1 saturated heterocycles. The Kier molecular flexibility index (Phi) is 5.25. The highest BCUT2D eigenvalue weighted by molar-refractivity contribution is 7.93. The van der Waals surface area contributed by atoms with Crippen LogP contribution in [-0.2, 0) is 27.8 Å². The van der Waals surface area contributed by atoms with Gasteiger partial charge in [-0.3, -0.25) is 4.31 Å². The number of benzene rings is 1. The number of ether oxygens (including phenoxy) is 1. The van der Waals surface area contributed by atoms with E-state index in [9.17, 15) is 8.42 Å². The number of aromatic nitrogens is 2. The van der Waals surface area contributed by atoms with E-state index in [0.29, 0.717) is 31.9 Å². The molecule has 28 heavy (non-hydrogen) atoms. The number of hydrogen-bond donors (Lipinski definition) is 0. The molecule has 1 atom stereocenters. The number of piperidine rings is 1. The largest absolute Gasteiger partial charge is 0.377 e. The van der Waals surface area contributed by atoms with E-state index in [4.69, 9.17) is 4.74 Å². The van der Waals surface area contributed by atoms with Gasteiger partial charge in [-0.15, -0.1) is 0 Å². The van der Waals surface area contributed by atoms with Crippen molar-refractivity contribution in [3.8, 4) is 0 Å². The van der Waals surface area contributed by atoms with Gasteiger partial charge >= 0.3 is 0 Å². The second-order valence-corrected chi connectivity index (χ2v) is 9.56. The van der Waals surface area contributed by atoms with Gasteiger partial charge in [-0.2, -0.15) is 0 Å². The number of nitrogens with zero attached hydrogens (tertiary/aromatic N) is 4. The van der Waals surface area contributed by atoms with Gasteiger partial charge in [-0.1, -0.05) is 18.2 Å². The fraction of sp³-hybridized carbons (Fsp3) is 0.500. The lowest BCUT2D eigenvalue weighted by Crippen LogP contribution is -2.48. The van der Waals surface area contributed by atoms with Crippen LogP contribution in [-0.4, -0.2) is 50.4 Å². The van der Waals surface area contributed by atoms with Gasteiger partial charge in [0, 0.05) is 38.5 Å². The van der Waals surface area contributed by atoms with Crippen LogP contribution < -0.4 is 9.21 Å². The summed E-state index contributed by atoms with van der Waals surface area (Å²) in [6, 6.07) is 9.71. The molecule has 1 aromatic heterocycles. The van der Waals surface area contributed by atoms with Crippen LogP contribution in [0.15, 0.2) is 30.3 Å². The van der Waals surface area contributed by atoms with E-state index in [1.165, 1.54) is 0 Å². The Morgan fingerprint density at radius 3 is 2.86 bits per heavy atom. The number of aryl methyl sites for hydroxylation is 1. The van der Waals surface area contributed by atoms with Crippen LogP contribution in [0.3, 0.4) is 0 Å². The minimum absolute atomic E-state index is 0.342. The normalized spacial score (nSPS) is 19.7. The second-order valence-electron chi connectivity index (χ2n) is 7.42. The molecule has 0 radical (unpaired) electrons. The lowest BCUT2D eigenvalue weighted by molar-refractivity contribution is 0.177. The van der Waals surface area contributed by atoms with E-state index < -0.39 is 15.3 Å². The van der Waals surface area contributed by atoms with Crippen molar-refractivity contribution in [2.45, 2.75) is 38.0 Å². The monoisotopic (exact) mass is 402 g/mol. The van der Waals surface area contributed by atoms with Crippen molar-refractivity contribution in [2.75, 3.05) is 35.9 Å². The molecule has 150 valence electrons. The predicted octanol–water partition coefficient (Wildman–Crippen LogP) is 2.29. The number of rotatable bonds is 5. The molecule has 0 amide bonds. The van der Waals surface area contributed by atoms with E-state index >= 15 is 0 Å². The van der Waals surface area contributed by atoms with Crippen LogP contribution in [0.4, 0.5) is 11.5 Å². The first-order chi connectivity index (χ1) is 13.5. The number of anilines is 2. The molecular formula is C20H26N4O3S. The zero-order valence-electron chi connectivity index (χ0n) is 16.3. The lowest BCUT2D eigenvalue weighted by Gasteiger charge is -2.35. The third-order valence-electron chi connectivity index (χ3n) is 5.44. The summed E-state index contributed by atoms with van der Waals surface area (Å²) in [7, 11) is -1.81. The molecule has 1 aromatic carbocycles. The molecule has 3 heterocycles. The zero-order chi connectivity index (χ0) is 19.7. The summed E-state index contributed by atoms with van der Waals surface area (Å²) in [5, 5.41) is -0.437. The van der Waals surface area contributed by atoms with Gasteiger partial charge in [-0.05, 0) is 37.8 Å². The average molecular weight is 403 g/mol. The molecule has 8 heteroatoms. The molecule has 1 unspecified atom stereocenters. The molecule has 0 bridgehead atoms. The molecule has 4 rings (SSSR count). The summed E-state index contributed by atoms with van der Waals surface area (Å²) in [5.41, 5.74) is 2.80. The average Bonchev–Trinajstić information content (AvgIpc) is 3.13. The predicted molar refractivity (Wildman–Crippen MR) is 109 cm³/mol. The third kappa shape index (κ3) is 3.58. The van der Waals surface area contributed by atoms with Gasteiger partial charge in [0.05, 0.1) is 10.9 Å². The van der Waals surface area contributed by atoms with E-state index in [1.807, 2.05) is 37.3 Å². The Hall–Kier alpha value is -2.19. The molecule has 0 aliphatic carbocycles. The molecule has 2 aliphatic rings. The number of methoxy groups -OCH3 is 1. The summed E-state index contributed by atoms with van der Waals surface area (Å²) >= 11 is 0. The van der Waals surface area contributed by atoms with Crippen LogP contribution in [0.25, 0.3) is 0 Å². The minimum atomic E-state index is -3.42. The quantitative estimate of drug-likeness (QED) is 0.764. The standard InChI is InChI=1S/C20H26N4O3S/c1-15-12-20(22-19(21-15)14-27-2)23-10-5-7-17(13-23)28(25,26)24-11-9-16-6-3-4-8-18(16)24/h3-4,6,8,12,17H,5,7,9-11,13-14H2,1-2H3. The smallest absolute Gasteiger partial charge is 0.239 e.